The first kappa shape index (κ1) is 89.3. The number of benzene rings is 6. The lowest BCUT2D eigenvalue weighted by Gasteiger charge is -2.24. The molecule has 598 valence electrons. The molecule has 0 saturated heterocycles. The molecule has 7 aliphatic heterocycles. The van der Waals surface area contributed by atoms with Gasteiger partial charge in [-0.3, -0.25) is 14.3 Å². The number of aryl methyl sites for hydroxylation is 9. The summed E-state index contributed by atoms with van der Waals surface area (Å²) >= 11 is 1.36. The van der Waals surface area contributed by atoms with Crippen molar-refractivity contribution in [3.63, 3.8) is 0 Å². The molecule has 0 amide bonds. The minimum absolute atomic E-state index is 0.0190. The van der Waals surface area contributed by atoms with Crippen LogP contribution >= 0.6 is 19.4 Å². The summed E-state index contributed by atoms with van der Waals surface area (Å²) in [5, 5.41) is 111. The molecule has 0 bridgehead atoms. The molecule has 42 heteroatoms. The van der Waals surface area contributed by atoms with Crippen molar-refractivity contribution in [2.75, 3.05) is 20.0 Å². The number of thioether (sulfide) groups is 1. The number of carbonyl (C=O) groups excluding carboxylic acids is 1. The first-order valence-electron chi connectivity index (χ1n) is 35.5. The molecule has 31 nitrogen and oxygen atoms in total. The molecule has 0 spiro atoms. The highest BCUT2D eigenvalue weighted by molar-refractivity contribution is 7.98. The number of ketones is 1. The minimum Gasteiger partial charge on any atom is -0.535 e. The number of Topliss-reactive ketones (excluding diaryl/α,β-unsaturated/α-hetero) is 1. The zero-order chi connectivity index (χ0) is 83.7. The number of aromatic carboxylic acids is 5. The van der Waals surface area contributed by atoms with Crippen LogP contribution < -0.4 is 47.4 Å². The third-order valence-electron chi connectivity index (χ3n) is 18.1. The van der Waals surface area contributed by atoms with Gasteiger partial charge in [-0.25, -0.2) is 32.8 Å². The Labute approximate surface area is 659 Å². The molecule has 7 aliphatic rings. The van der Waals surface area contributed by atoms with E-state index in [4.69, 9.17) is 62.5 Å². The largest absolute Gasteiger partial charge is 0.535 e. The van der Waals surface area contributed by atoms with Crippen LogP contribution in [0.4, 0.5) is 8.78 Å². The molecule has 0 saturated carbocycles. The average Bonchev–Trinajstić information content (AvgIpc) is 0.782. The molecule has 0 fully saturated rings. The Kier molecular flexibility index (Phi) is 31.5. The Hall–Kier alpha value is -10.2. The third kappa shape index (κ3) is 22.6. The van der Waals surface area contributed by atoms with Crippen LogP contribution in [0.5, 0.6) is 51.7 Å². The van der Waals surface area contributed by atoms with Crippen LogP contribution in [0.3, 0.4) is 0 Å². The number of methoxy groups -OCH3 is 1. The van der Waals surface area contributed by atoms with Gasteiger partial charge in [0.25, 0.3) is 0 Å². The van der Waals surface area contributed by atoms with Crippen LogP contribution in [0.25, 0.3) is 0 Å². The predicted molar refractivity (Wildman–Crippen MR) is 415 cm³/mol. The fraction of sp³-hybridized carbons (Fsp3) is 0.319. The number of pyridine rings is 1. The van der Waals surface area contributed by atoms with E-state index in [9.17, 15) is 92.2 Å². The molecule has 0 aliphatic carbocycles. The van der Waals surface area contributed by atoms with Crippen molar-refractivity contribution in [3.05, 3.63) is 174 Å². The van der Waals surface area contributed by atoms with Crippen molar-refractivity contribution in [1.82, 2.24) is 4.98 Å². The van der Waals surface area contributed by atoms with Crippen molar-refractivity contribution < 1.29 is 155 Å². The standard InChI is InChI=1S/C14H15BO5.C10H10BFO5.C10H10BFO4.C10H11BO4S.C10H11BO4.C9H10BNO3.C9H12BO5P/c1-2-3-4-9-19-11-6-5-10-7-8-15(18)20-13(10)12(11)14(16)17;1-16-9-6(12)4-5-2-3-11(15)17-8(5)7(9)10(13)14;1-5-7(12)4-6-2-3-11(15)16-9(6)8(5)10(13)14;1-16-7-3-2-6-4-5-11(14)15-9(6)8(7)10(12)13;1-6-4-7-2-3-11(14)15-9(7)8(5-6)10(12)13;1-6(12)7-3-5-11-8-2-4-10(13)14-9(7)8;1-6-2-3-7-4-5-10(11)15-8(7)9(6)16(12,13)14/h5-6,18H,2,7-9H2,1H3,(H,16,17);4,15H,2-3H2,1H3,(H,13,14);4,15H,2-3H2,1H3,(H,13,14);2-3,14H,4-5H2,1H3,(H,12,13);4-5,14H,2-3H2,1H3,(H,12,13);3,5,13H,2,4H2,1H3;2-3,11H,4-5H2,1H3,(H2,12,13,14). The zero-order valence-electron chi connectivity index (χ0n) is 62.6. The second-order valence-electron chi connectivity index (χ2n) is 26.2. The van der Waals surface area contributed by atoms with E-state index in [1.807, 2.05) is 32.2 Å². The maximum absolute atomic E-state index is 13.6. The molecule has 0 atom stereocenters. The van der Waals surface area contributed by atoms with Crippen LogP contribution in [-0.4, -0.2) is 181 Å². The average molecular weight is 1620 g/mol. The van der Waals surface area contributed by atoms with E-state index in [1.165, 1.54) is 44.9 Å². The number of fused-ring (bicyclic) bond motifs is 7. The first-order valence-corrected chi connectivity index (χ1v) is 38.4. The van der Waals surface area contributed by atoms with Gasteiger partial charge in [0.15, 0.2) is 17.3 Å². The Morgan fingerprint density at radius 2 is 0.921 bits per heavy atom. The number of ether oxygens (including phenoxy) is 2. The van der Waals surface area contributed by atoms with Gasteiger partial charge in [0, 0.05) is 29.4 Å². The molecule has 14 rings (SSSR count). The molecule has 0 unspecified atom stereocenters. The summed E-state index contributed by atoms with van der Waals surface area (Å²) in [7, 11) is -9.86. The van der Waals surface area contributed by atoms with Crippen molar-refractivity contribution in [3.8, 4) is 63.6 Å². The molecule has 8 heterocycles. The van der Waals surface area contributed by atoms with Crippen LogP contribution in [-0.2, 0) is 49.5 Å². The maximum Gasteiger partial charge on any atom is 0.523 e. The molecule has 114 heavy (non-hydrogen) atoms. The number of aromatic nitrogens is 1. The zero-order valence-corrected chi connectivity index (χ0v) is 64.3. The van der Waals surface area contributed by atoms with Gasteiger partial charge in [-0.05, 0) is 198 Å². The fourth-order valence-corrected chi connectivity index (χ4v) is 14.3. The van der Waals surface area contributed by atoms with E-state index in [0.29, 0.717) is 140 Å². The molecule has 1 aromatic heterocycles. The highest BCUT2D eigenvalue weighted by Gasteiger charge is 2.38. The Morgan fingerprint density at radius 3 is 1.39 bits per heavy atom. The highest BCUT2D eigenvalue weighted by atomic mass is 32.2. The number of nitrogens with zero attached hydrogens (tertiary/aromatic N) is 1. The minimum atomic E-state index is -4.38. The van der Waals surface area contributed by atoms with Gasteiger partial charge in [-0.1, -0.05) is 43.2 Å². The van der Waals surface area contributed by atoms with E-state index in [-0.39, 0.29) is 85.6 Å². The number of rotatable bonds is 11. The predicted octanol–water partition coefficient (Wildman–Crippen LogP) is 7.33. The summed E-state index contributed by atoms with van der Waals surface area (Å²) in [5.41, 5.74) is 6.40. The second kappa shape index (κ2) is 40.2. The van der Waals surface area contributed by atoms with Gasteiger partial charge in [-0.15, -0.1) is 17.7 Å². The highest BCUT2D eigenvalue weighted by Crippen LogP contribution is 2.44. The van der Waals surface area contributed by atoms with Gasteiger partial charge < -0.3 is 113 Å². The molecule has 6 aromatic carbocycles. The fourth-order valence-electron chi connectivity index (χ4n) is 12.7. The molecule has 0 radical (unpaired) electrons. The van der Waals surface area contributed by atoms with Crippen LogP contribution in [0.2, 0.25) is 44.2 Å². The van der Waals surface area contributed by atoms with E-state index in [0.717, 1.165) is 33.5 Å². The monoisotopic (exact) mass is 1620 g/mol. The lowest BCUT2D eigenvalue weighted by molar-refractivity contribution is 0.0678. The van der Waals surface area contributed by atoms with Gasteiger partial charge in [0.05, 0.1) is 18.4 Å². The summed E-state index contributed by atoms with van der Waals surface area (Å²) in [6.45, 7) is 8.35. The Morgan fingerprint density at radius 1 is 0.500 bits per heavy atom. The number of carbonyl (C=O) groups is 6. The third-order valence-corrected chi connectivity index (χ3v) is 20.0. The first-order chi connectivity index (χ1) is 54.0. The number of carboxylic acids is 5. The summed E-state index contributed by atoms with van der Waals surface area (Å²) in [4.78, 5) is 90.2. The number of hydrogen-bond donors (Lipinski definition) is 14. The SMILES string of the molecule is CC(=O)c1ccnc2c1OB(O)CC2.CCC#CCOc1ccc2c(c1C(=O)O)OB(O)CC2.COc1c(F)cc2c(c1C(=O)O)OB(O)CC2.CSc1ccc2c(c1C(=O)O)OB(O)CC2.Cc1c(F)cc2c(c1C(=O)O)OB(O)CC2.Cc1cc2c(c(C(=O)O)c1)OB(O)CC2.Cc1ccc2c(c1P(=O)(O)O)OB(O)CC2. The van der Waals surface area contributed by atoms with E-state index in [1.54, 1.807) is 55.6 Å². The Balaban J connectivity index is 0.000000167. The summed E-state index contributed by atoms with van der Waals surface area (Å²) in [6, 6.07) is 18.0. The lowest BCUT2D eigenvalue weighted by Crippen LogP contribution is -2.30. The van der Waals surface area contributed by atoms with Gasteiger partial charge >= 0.3 is 87.3 Å². The molecule has 14 N–H and O–H groups in total. The molecular weight excluding hydrogens is 1540 g/mol. The van der Waals surface area contributed by atoms with Crippen LogP contribution in [0.15, 0.2) is 77.8 Å². The Bertz CT molecular complexity index is 4900. The summed E-state index contributed by atoms with van der Waals surface area (Å²) in [6.07, 6.45) is 11.1. The maximum atomic E-state index is 13.6. The van der Waals surface area contributed by atoms with Crippen molar-refractivity contribution in [2.45, 2.75) is 135 Å². The van der Waals surface area contributed by atoms with Gasteiger partial charge in [0.2, 0.25) is 0 Å². The van der Waals surface area contributed by atoms with E-state index in [2.05, 4.69) is 16.8 Å². The van der Waals surface area contributed by atoms with Gasteiger partial charge in [0.1, 0.15) is 91.5 Å². The van der Waals surface area contributed by atoms with Crippen molar-refractivity contribution in [2.24, 2.45) is 0 Å². The smallest absolute Gasteiger partial charge is 0.523 e. The summed E-state index contributed by atoms with van der Waals surface area (Å²) < 4.78 is 84.6. The van der Waals surface area contributed by atoms with Crippen LogP contribution in [0, 0.1) is 44.2 Å². The molecule has 7 aromatic rings. The summed E-state index contributed by atoms with van der Waals surface area (Å²) in [5.74, 6) is -0.241. The topological polar surface area (TPSA) is 499 Å². The quantitative estimate of drug-likeness (QED) is 0.0198. The van der Waals surface area contributed by atoms with Gasteiger partial charge in [-0.2, -0.15) is 0 Å². The van der Waals surface area contributed by atoms with Crippen molar-refractivity contribution >= 4 is 110 Å². The van der Waals surface area contributed by atoms with Crippen LogP contribution in [0.1, 0.15) is 138 Å². The lowest BCUT2D eigenvalue weighted by atomic mass is 9.78. The number of halogens is 2. The second-order valence-corrected chi connectivity index (χ2v) is 28.6. The van der Waals surface area contributed by atoms with Crippen molar-refractivity contribution in [1.29, 1.82) is 0 Å². The normalized spacial score (nSPS) is 14.2. The van der Waals surface area contributed by atoms with E-state index < -0.39 is 98.9 Å². The number of carboxylic acid groups (broad SMARTS) is 5. The number of hydrogen-bond acceptors (Lipinski definition) is 25. The van der Waals surface area contributed by atoms with E-state index >= 15 is 0 Å². The molecular formula is C72H79B7F2NO30PS.